The number of halogens is 1. The minimum Gasteiger partial charge on any atom is -0.289 e. The average Bonchev–Trinajstić information content (AvgIpc) is 2.90. The number of hydroxylamine groups is 1. The molecule has 0 saturated heterocycles. The molecule has 0 unspecified atom stereocenters. The quantitative estimate of drug-likeness (QED) is 0.635. The van der Waals surface area contributed by atoms with E-state index < -0.39 is 5.91 Å². The van der Waals surface area contributed by atoms with Gasteiger partial charge in [0.05, 0.1) is 10.7 Å². The number of amides is 1. The summed E-state index contributed by atoms with van der Waals surface area (Å²) in [6, 6.07) is 6.55. The molecule has 0 aliphatic heterocycles. The number of hydrogen-bond acceptors (Lipinski definition) is 4. The number of hydrogen-bond donors (Lipinski definition) is 2. The summed E-state index contributed by atoms with van der Waals surface area (Å²) in [5.41, 5.74) is 3.38. The summed E-state index contributed by atoms with van der Waals surface area (Å²) >= 11 is 1.53. The summed E-state index contributed by atoms with van der Waals surface area (Å²) in [5.74, 6) is -0.642. The van der Waals surface area contributed by atoms with Gasteiger partial charge in [-0.2, -0.15) is 0 Å². The topological polar surface area (TPSA) is 62.2 Å². The van der Waals surface area contributed by atoms with E-state index in [1.165, 1.54) is 23.5 Å². The lowest BCUT2D eigenvalue weighted by Crippen LogP contribution is -2.18. The lowest BCUT2D eigenvalue weighted by atomic mass is 10.1. The maximum Gasteiger partial charge on any atom is 0.243 e. The van der Waals surface area contributed by atoms with Crippen LogP contribution in [0.15, 0.2) is 29.6 Å². The zero-order valence-electron chi connectivity index (χ0n) is 10.8. The van der Waals surface area contributed by atoms with E-state index in [9.17, 15) is 9.18 Å². The molecule has 0 aliphatic rings. The Morgan fingerprint density at radius 1 is 1.35 bits per heavy atom. The van der Waals surface area contributed by atoms with Crippen LogP contribution in [0, 0.1) is 5.82 Å². The SMILES string of the molecule is O=C(CCc1csc(CCc2cccc(F)c2)n1)NO. The van der Waals surface area contributed by atoms with Gasteiger partial charge >= 0.3 is 0 Å². The second kappa shape index (κ2) is 7.12. The second-order valence-corrected chi connectivity index (χ2v) is 5.34. The normalized spacial score (nSPS) is 10.5. The van der Waals surface area contributed by atoms with E-state index in [1.807, 2.05) is 11.4 Å². The third kappa shape index (κ3) is 4.40. The van der Waals surface area contributed by atoms with E-state index >= 15 is 0 Å². The number of rotatable bonds is 6. The molecule has 0 aliphatic carbocycles. The van der Waals surface area contributed by atoms with E-state index in [1.54, 1.807) is 11.5 Å². The standard InChI is InChI=1S/C14H15FN2O2S/c15-11-3-1-2-10(8-11)4-7-14-16-12(9-20-14)5-6-13(18)17-19/h1-3,8-9,19H,4-7H2,(H,17,18). The first-order chi connectivity index (χ1) is 9.67. The summed E-state index contributed by atoms with van der Waals surface area (Å²) in [5, 5.41) is 11.3. The summed E-state index contributed by atoms with van der Waals surface area (Å²) in [4.78, 5) is 15.3. The summed E-state index contributed by atoms with van der Waals surface area (Å²) < 4.78 is 13.0. The Hall–Kier alpha value is -1.79. The van der Waals surface area contributed by atoms with Crippen molar-refractivity contribution in [2.45, 2.75) is 25.7 Å². The molecule has 0 spiro atoms. The smallest absolute Gasteiger partial charge is 0.243 e. The van der Waals surface area contributed by atoms with Gasteiger partial charge in [-0.3, -0.25) is 10.0 Å². The number of nitrogens with one attached hydrogen (secondary N) is 1. The maximum absolute atomic E-state index is 13.0. The van der Waals surface area contributed by atoms with Gasteiger partial charge in [-0.25, -0.2) is 14.9 Å². The first-order valence-corrected chi connectivity index (χ1v) is 7.16. The van der Waals surface area contributed by atoms with E-state index in [0.717, 1.165) is 29.1 Å². The minimum atomic E-state index is -0.417. The Bertz CT molecular complexity index is 586. The number of carbonyl (C=O) groups excluding carboxylic acids is 1. The largest absolute Gasteiger partial charge is 0.289 e. The predicted octanol–water partition coefficient (Wildman–Crippen LogP) is 2.51. The van der Waals surface area contributed by atoms with Crippen LogP contribution < -0.4 is 5.48 Å². The van der Waals surface area contributed by atoms with Crippen LogP contribution in [0.3, 0.4) is 0 Å². The van der Waals surface area contributed by atoms with Crippen molar-refractivity contribution in [1.29, 1.82) is 0 Å². The molecule has 1 amide bonds. The van der Waals surface area contributed by atoms with Crippen molar-refractivity contribution in [2.75, 3.05) is 0 Å². The molecule has 2 aromatic rings. The first-order valence-electron chi connectivity index (χ1n) is 6.28. The summed E-state index contributed by atoms with van der Waals surface area (Å²) in [7, 11) is 0. The van der Waals surface area contributed by atoms with Crippen LogP contribution in [0.4, 0.5) is 4.39 Å². The van der Waals surface area contributed by atoms with Crippen LogP contribution in [0.25, 0.3) is 0 Å². The molecule has 0 bridgehead atoms. The molecule has 6 heteroatoms. The minimum absolute atomic E-state index is 0.212. The molecule has 1 aromatic heterocycles. The average molecular weight is 294 g/mol. The molecule has 106 valence electrons. The van der Waals surface area contributed by atoms with Crippen LogP contribution in [0.2, 0.25) is 0 Å². The molecule has 0 radical (unpaired) electrons. The van der Waals surface area contributed by atoms with Gasteiger partial charge in [-0.1, -0.05) is 12.1 Å². The zero-order valence-corrected chi connectivity index (χ0v) is 11.6. The second-order valence-electron chi connectivity index (χ2n) is 4.40. The van der Waals surface area contributed by atoms with E-state index in [0.29, 0.717) is 6.42 Å². The van der Waals surface area contributed by atoms with Crippen molar-refractivity contribution in [3.8, 4) is 0 Å². The maximum atomic E-state index is 13.0. The third-order valence-corrected chi connectivity index (χ3v) is 3.81. The van der Waals surface area contributed by atoms with Gasteiger partial charge in [0.2, 0.25) is 5.91 Å². The predicted molar refractivity (Wildman–Crippen MR) is 74.2 cm³/mol. The lowest BCUT2D eigenvalue weighted by Gasteiger charge is -1.99. The highest BCUT2D eigenvalue weighted by molar-refractivity contribution is 7.09. The highest BCUT2D eigenvalue weighted by Crippen LogP contribution is 2.15. The molecule has 2 N–H and O–H groups in total. The van der Waals surface area contributed by atoms with Crippen LogP contribution in [0.5, 0.6) is 0 Å². The highest BCUT2D eigenvalue weighted by Gasteiger charge is 2.06. The van der Waals surface area contributed by atoms with Crippen molar-refractivity contribution in [3.63, 3.8) is 0 Å². The van der Waals surface area contributed by atoms with Gasteiger partial charge in [0.15, 0.2) is 0 Å². The molecule has 0 saturated carbocycles. The Morgan fingerprint density at radius 3 is 2.95 bits per heavy atom. The van der Waals surface area contributed by atoms with Gasteiger partial charge in [-0.15, -0.1) is 11.3 Å². The van der Waals surface area contributed by atoms with Gasteiger partial charge in [0.1, 0.15) is 5.82 Å². The number of carbonyl (C=O) groups is 1. The van der Waals surface area contributed by atoms with Gasteiger partial charge in [-0.05, 0) is 30.5 Å². The Balaban J connectivity index is 1.85. The van der Waals surface area contributed by atoms with Gasteiger partial charge in [0.25, 0.3) is 0 Å². The van der Waals surface area contributed by atoms with E-state index in [4.69, 9.17) is 5.21 Å². The number of nitrogens with zero attached hydrogens (tertiary/aromatic N) is 1. The van der Waals surface area contributed by atoms with Crippen molar-refractivity contribution < 1.29 is 14.4 Å². The molecular weight excluding hydrogens is 279 g/mol. The number of aryl methyl sites for hydroxylation is 3. The molecule has 20 heavy (non-hydrogen) atoms. The lowest BCUT2D eigenvalue weighted by molar-refractivity contribution is -0.129. The van der Waals surface area contributed by atoms with Crippen LogP contribution in [-0.2, 0) is 24.1 Å². The van der Waals surface area contributed by atoms with Crippen LogP contribution in [-0.4, -0.2) is 16.1 Å². The number of benzene rings is 1. The van der Waals surface area contributed by atoms with Crippen LogP contribution >= 0.6 is 11.3 Å². The van der Waals surface area contributed by atoms with Gasteiger partial charge < -0.3 is 0 Å². The Labute approximate surface area is 120 Å². The molecule has 0 fully saturated rings. The van der Waals surface area contributed by atoms with Gasteiger partial charge in [0, 0.05) is 18.2 Å². The Kier molecular flexibility index (Phi) is 5.20. The molecule has 1 heterocycles. The number of aromatic nitrogens is 1. The molecule has 0 atom stereocenters. The Morgan fingerprint density at radius 2 is 2.20 bits per heavy atom. The molecule has 2 rings (SSSR count). The van der Waals surface area contributed by atoms with Crippen LogP contribution in [0.1, 0.15) is 22.7 Å². The zero-order chi connectivity index (χ0) is 14.4. The summed E-state index contributed by atoms with van der Waals surface area (Å²) in [6.07, 6.45) is 2.20. The van der Waals surface area contributed by atoms with Crippen molar-refractivity contribution in [2.24, 2.45) is 0 Å². The van der Waals surface area contributed by atoms with E-state index in [2.05, 4.69) is 4.98 Å². The summed E-state index contributed by atoms with van der Waals surface area (Å²) in [6.45, 7) is 0. The van der Waals surface area contributed by atoms with E-state index in [-0.39, 0.29) is 12.2 Å². The molecular formula is C14H15FN2O2S. The monoisotopic (exact) mass is 294 g/mol. The molecule has 1 aromatic carbocycles. The first kappa shape index (κ1) is 14.6. The third-order valence-electron chi connectivity index (χ3n) is 2.85. The highest BCUT2D eigenvalue weighted by atomic mass is 32.1. The fourth-order valence-electron chi connectivity index (χ4n) is 1.82. The van der Waals surface area contributed by atoms with Crippen molar-refractivity contribution >= 4 is 17.2 Å². The fourth-order valence-corrected chi connectivity index (χ4v) is 2.65. The number of thiazole rings is 1. The fraction of sp³-hybridized carbons (Fsp3) is 0.286. The van der Waals surface area contributed by atoms with Crippen molar-refractivity contribution in [3.05, 3.63) is 51.7 Å². The van der Waals surface area contributed by atoms with Crippen molar-refractivity contribution in [1.82, 2.24) is 10.5 Å². The molecule has 4 nitrogen and oxygen atoms in total.